The van der Waals surface area contributed by atoms with Gasteiger partial charge in [-0.2, -0.15) is 0 Å². The standard InChI is InChI=1S/C25H24ClF2N3O3/c1-25(28)11-20(21(32)10-9-15-5-4-7-18(26)23(15)27)31(14-25)22(33)13-30-12-17(24(29)34)16-6-2-3-8-19(16)30/h2-8,12,20H,9-11,13-14H2,1H3,(H2,29,34)/t20-,25+/m0/s1. The zero-order valence-corrected chi connectivity index (χ0v) is 19.3. The van der Waals surface area contributed by atoms with Gasteiger partial charge < -0.3 is 15.2 Å². The third kappa shape index (κ3) is 4.68. The first-order chi connectivity index (χ1) is 16.1. The second-order valence-electron chi connectivity index (χ2n) is 8.89. The van der Waals surface area contributed by atoms with Gasteiger partial charge in [0.05, 0.1) is 23.2 Å². The molecule has 0 unspecified atom stereocenters. The first kappa shape index (κ1) is 23.9. The van der Waals surface area contributed by atoms with Crippen LogP contribution in [0.1, 0.15) is 35.7 Å². The molecule has 1 saturated heterocycles. The number of halogens is 3. The van der Waals surface area contributed by atoms with Crippen LogP contribution in [-0.2, 0) is 22.6 Å². The summed E-state index contributed by atoms with van der Waals surface area (Å²) in [5, 5.41) is 0.573. The predicted molar refractivity (Wildman–Crippen MR) is 125 cm³/mol. The molecule has 1 aliphatic heterocycles. The van der Waals surface area contributed by atoms with E-state index in [2.05, 4.69) is 0 Å². The Kier molecular flexibility index (Phi) is 6.45. The molecule has 4 rings (SSSR count). The number of benzene rings is 2. The maximum atomic E-state index is 14.9. The predicted octanol–water partition coefficient (Wildman–Crippen LogP) is 4.06. The lowest BCUT2D eigenvalue weighted by atomic mass is 9.98. The molecule has 0 saturated carbocycles. The summed E-state index contributed by atoms with van der Waals surface area (Å²) in [4.78, 5) is 39.3. The minimum Gasteiger partial charge on any atom is -0.366 e. The number of para-hydroxylation sites is 1. The summed E-state index contributed by atoms with van der Waals surface area (Å²) in [5.74, 6) is -2.01. The van der Waals surface area contributed by atoms with Gasteiger partial charge in [-0.05, 0) is 31.0 Å². The Morgan fingerprint density at radius 3 is 2.65 bits per heavy atom. The van der Waals surface area contributed by atoms with E-state index in [-0.39, 0.29) is 54.3 Å². The number of Topliss-reactive ketones (excluding diaryl/α,β-unsaturated/α-hetero) is 1. The highest BCUT2D eigenvalue weighted by Gasteiger charge is 2.46. The molecule has 2 amide bonds. The molecule has 9 heteroatoms. The second kappa shape index (κ2) is 9.18. The average molecular weight is 488 g/mol. The van der Waals surface area contributed by atoms with Crippen LogP contribution in [0.3, 0.4) is 0 Å². The molecule has 6 nitrogen and oxygen atoms in total. The summed E-state index contributed by atoms with van der Waals surface area (Å²) in [6.45, 7) is 0.944. The number of primary amides is 1. The van der Waals surface area contributed by atoms with Crippen molar-refractivity contribution in [2.24, 2.45) is 5.73 Å². The van der Waals surface area contributed by atoms with Crippen LogP contribution in [0.5, 0.6) is 0 Å². The Hall–Kier alpha value is -3.26. The number of carbonyl (C=O) groups is 3. The Balaban J connectivity index is 1.53. The van der Waals surface area contributed by atoms with E-state index in [0.29, 0.717) is 10.9 Å². The van der Waals surface area contributed by atoms with Crippen LogP contribution in [-0.4, -0.2) is 45.3 Å². The van der Waals surface area contributed by atoms with Crippen LogP contribution in [0.15, 0.2) is 48.7 Å². The highest BCUT2D eigenvalue weighted by atomic mass is 35.5. The van der Waals surface area contributed by atoms with Crippen molar-refractivity contribution in [2.75, 3.05) is 6.54 Å². The van der Waals surface area contributed by atoms with E-state index in [0.717, 1.165) is 0 Å². The summed E-state index contributed by atoms with van der Waals surface area (Å²) < 4.78 is 30.7. The van der Waals surface area contributed by atoms with Crippen molar-refractivity contribution in [3.8, 4) is 0 Å². The van der Waals surface area contributed by atoms with E-state index in [1.165, 1.54) is 24.1 Å². The zero-order chi connectivity index (χ0) is 24.6. The van der Waals surface area contributed by atoms with E-state index in [9.17, 15) is 23.2 Å². The number of carbonyl (C=O) groups excluding carboxylic acids is 3. The van der Waals surface area contributed by atoms with Gasteiger partial charge in [-0.1, -0.05) is 41.9 Å². The number of nitrogens with zero attached hydrogens (tertiary/aromatic N) is 2. The Morgan fingerprint density at radius 1 is 1.18 bits per heavy atom. The number of hydrogen-bond acceptors (Lipinski definition) is 3. The van der Waals surface area contributed by atoms with E-state index >= 15 is 0 Å². The molecule has 2 heterocycles. The zero-order valence-electron chi connectivity index (χ0n) is 18.6. The summed E-state index contributed by atoms with van der Waals surface area (Å²) in [7, 11) is 0. The SMILES string of the molecule is C[C@@]1(F)C[C@@H](C(=O)CCc2cccc(Cl)c2F)N(C(=O)Cn2cc(C(N)=O)c3ccccc32)C1. The van der Waals surface area contributed by atoms with Crippen molar-refractivity contribution in [3.05, 3.63) is 70.6 Å². The monoisotopic (exact) mass is 487 g/mol. The Labute approximate surface area is 200 Å². The molecule has 0 radical (unpaired) electrons. The van der Waals surface area contributed by atoms with Gasteiger partial charge >= 0.3 is 0 Å². The van der Waals surface area contributed by atoms with Gasteiger partial charge in [0.15, 0.2) is 5.78 Å². The molecule has 1 fully saturated rings. The largest absolute Gasteiger partial charge is 0.366 e. The van der Waals surface area contributed by atoms with Crippen molar-refractivity contribution < 1.29 is 23.2 Å². The lowest BCUT2D eigenvalue weighted by Crippen LogP contribution is -2.42. The fourth-order valence-electron chi connectivity index (χ4n) is 4.57. The van der Waals surface area contributed by atoms with Crippen molar-refractivity contribution in [1.29, 1.82) is 0 Å². The normalized spacial score (nSPS) is 20.1. The van der Waals surface area contributed by atoms with Gasteiger partial charge in [0.25, 0.3) is 5.91 Å². The highest BCUT2D eigenvalue weighted by Crippen LogP contribution is 2.32. The van der Waals surface area contributed by atoms with Crippen LogP contribution in [0.2, 0.25) is 5.02 Å². The number of alkyl halides is 1. The molecule has 2 N–H and O–H groups in total. The molecular weight excluding hydrogens is 464 g/mol. The third-order valence-electron chi connectivity index (χ3n) is 6.22. The summed E-state index contributed by atoms with van der Waals surface area (Å²) >= 11 is 5.80. The van der Waals surface area contributed by atoms with Gasteiger partial charge in [-0.3, -0.25) is 14.4 Å². The van der Waals surface area contributed by atoms with Crippen LogP contribution in [0.4, 0.5) is 8.78 Å². The van der Waals surface area contributed by atoms with E-state index in [4.69, 9.17) is 17.3 Å². The maximum Gasteiger partial charge on any atom is 0.250 e. The number of fused-ring (bicyclic) bond motifs is 1. The maximum absolute atomic E-state index is 14.9. The van der Waals surface area contributed by atoms with E-state index in [1.807, 2.05) is 0 Å². The van der Waals surface area contributed by atoms with Crippen molar-refractivity contribution in [1.82, 2.24) is 9.47 Å². The number of likely N-dealkylation sites (tertiary alicyclic amines) is 1. The summed E-state index contributed by atoms with van der Waals surface area (Å²) in [6.07, 6.45) is 1.40. The van der Waals surface area contributed by atoms with Gasteiger partial charge in [0, 0.05) is 29.9 Å². The molecule has 0 bridgehead atoms. The summed E-state index contributed by atoms with van der Waals surface area (Å²) in [5.41, 5.74) is 4.93. The van der Waals surface area contributed by atoms with Crippen LogP contribution in [0.25, 0.3) is 10.9 Å². The molecule has 1 aliphatic rings. The number of hydrogen-bond donors (Lipinski definition) is 1. The number of aromatic nitrogens is 1. The summed E-state index contributed by atoms with van der Waals surface area (Å²) in [6, 6.07) is 10.6. The molecule has 0 spiro atoms. The molecular formula is C25H24ClF2N3O3. The first-order valence-electron chi connectivity index (χ1n) is 10.9. The molecule has 0 aliphatic carbocycles. The first-order valence-corrected chi connectivity index (χ1v) is 11.3. The highest BCUT2D eigenvalue weighted by molar-refractivity contribution is 6.30. The van der Waals surface area contributed by atoms with Gasteiger partial charge in [-0.15, -0.1) is 0 Å². The fraction of sp³-hybridized carbons (Fsp3) is 0.320. The molecule has 2 atom stereocenters. The third-order valence-corrected chi connectivity index (χ3v) is 6.51. The van der Waals surface area contributed by atoms with Gasteiger partial charge in [0.2, 0.25) is 5.91 Å². The smallest absolute Gasteiger partial charge is 0.250 e. The van der Waals surface area contributed by atoms with Crippen LogP contribution in [0, 0.1) is 5.82 Å². The van der Waals surface area contributed by atoms with Crippen LogP contribution < -0.4 is 5.73 Å². The molecule has 2 aromatic carbocycles. The minimum absolute atomic E-state index is 0.0340. The molecule has 1 aromatic heterocycles. The van der Waals surface area contributed by atoms with Crippen LogP contribution >= 0.6 is 11.6 Å². The quantitative estimate of drug-likeness (QED) is 0.545. The van der Waals surface area contributed by atoms with E-state index in [1.54, 1.807) is 41.0 Å². The van der Waals surface area contributed by atoms with E-state index < -0.39 is 29.3 Å². The number of amides is 2. The van der Waals surface area contributed by atoms with Crippen molar-refractivity contribution in [2.45, 2.75) is 44.4 Å². The number of ketones is 1. The Bertz CT molecular complexity index is 1290. The number of nitrogens with two attached hydrogens (primary N) is 1. The van der Waals surface area contributed by atoms with Crippen molar-refractivity contribution in [3.63, 3.8) is 0 Å². The fourth-order valence-corrected chi connectivity index (χ4v) is 4.76. The second-order valence-corrected chi connectivity index (χ2v) is 9.29. The lowest BCUT2D eigenvalue weighted by Gasteiger charge is -2.24. The minimum atomic E-state index is -1.73. The molecule has 178 valence electrons. The number of aryl methyl sites for hydroxylation is 1. The average Bonchev–Trinajstić information content (AvgIpc) is 3.32. The van der Waals surface area contributed by atoms with Gasteiger partial charge in [0.1, 0.15) is 18.0 Å². The van der Waals surface area contributed by atoms with Gasteiger partial charge in [-0.25, -0.2) is 8.78 Å². The molecule has 34 heavy (non-hydrogen) atoms. The lowest BCUT2D eigenvalue weighted by molar-refractivity contribution is -0.138. The Morgan fingerprint density at radius 2 is 1.91 bits per heavy atom. The topological polar surface area (TPSA) is 85.4 Å². The molecule has 3 aromatic rings. The van der Waals surface area contributed by atoms with Crippen molar-refractivity contribution >= 4 is 40.1 Å². The number of rotatable bonds is 7.